The Labute approximate surface area is 138 Å². The minimum absolute atomic E-state index is 0.325. The van der Waals surface area contributed by atoms with Crippen molar-refractivity contribution in [3.05, 3.63) is 65.2 Å². The number of rotatable bonds is 5. The Balaban J connectivity index is 1.64. The first-order chi connectivity index (χ1) is 11.1. The number of benzene rings is 2. The lowest BCUT2D eigenvalue weighted by molar-refractivity contribution is 0.174. The maximum atomic E-state index is 5.42. The summed E-state index contributed by atoms with van der Waals surface area (Å²) in [6.45, 7) is 7.09. The van der Waals surface area contributed by atoms with Gasteiger partial charge in [0.15, 0.2) is 11.5 Å². The summed E-state index contributed by atoms with van der Waals surface area (Å²) in [6.07, 6.45) is 5.42. The average molecular weight is 308 g/mol. The van der Waals surface area contributed by atoms with Crippen LogP contribution in [0.5, 0.6) is 11.5 Å². The summed E-state index contributed by atoms with van der Waals surface area (Å²) in [5, 5.41) is 0. The van der Waals surface area contributed by atoms with Crippen LogP contribution in [-0.4, -0.2) is 6.79 Å². The second-order valence-corrected chi connectivity index (χ2v) is 6.48. The molecule has 2 heteroatoms. The highest BCUT2D eigenvalue weighted by atomic mass is 16.7. The molecule has 2 aromatic rings. The van der Waals surface area contributed by atoms with Crippen molar-refractivity contribution in [2.24, 2.45) is 0 Å². The van der Waals surface area contributed by atoms with E-state index in [0.29, 0.717) is 18.6 Å². The lowest BCUT2D eigenvalue weighted by Crippen LogP contribution is -1.95. The van der Waals surface area contributed by atoms with Gasteiger partial charge in [-0.2, -0.15) is 0 Å². The standard InChI is InChI=1S/C21H24O2/c1-15(2)18-8-5-9-19(13-18)16(3)6-4-7-17-10-11-20-21(12-17)23-14-22-20/h4-5,7-13,15-16H,6,14H2,1-3H3/b7-4-. The molecule has 1 aliphatic heterocycles. The summed E-state index contributed by atoms with van der Waals surface area (Å²) in [5.74, 6) is 2.76. The van der Waals surface area contributed by atoms with Gasteiger partial charge < -0.3 is 9.47 Å². The van der Waals surface area contributed by atoms with Crippen LogP contribution < -0.4 is 9.47 Å². The predicted octanol–water partition coefficient (Wildman–Crippen LogP) is 5.75. The summed E-state index contributed by atoms with van der Waals surface area (Å²) in [4.78, 5) is 0. The molecule has 0 amide bonds. The van der Waals surface area contributed by atoms with E-state index in [9.17, 15) is 0 Å². The van der Waals surface area contributed by atoms with E-state index in [-0.39, 0.29) is 0 Å². The minimum atomic E-state index is 0.325. The lowest BCUT2D eigenvalue weighted by atomic mass is 9.93. The van der Waals surface area contributed by atoms with Crippen molar-refractivity contribution in [2.45, 2.75) is 39.0 Å². The zero-order valence-corrected chi connectivity index (χ0v) is 14.1. The van der Waals surface area contributed by atoms with E-state index in [1.807, 2.05) is 12.1 Å². The second-order valence-electron chi connectivity index (χ2n) is 6.48. The van der Waals surface area contributed by atoms with E-state index in [4.69, 9.17) is 9.47 Å². The lowest BCUT2D eigenvalue weighted by Gasteiger charge is -2.13. The molecular weight excluding hydrogens is 284 g/mol. The summed E-state index contributed by atoms with van der Waals surface area (Å²) >= 11 is 0. The number of hydrogen-bond acceptors (Lipinski definition) is 2. The molecule has 0 aromatic heterocycles. The van der Waals surface area contributed by atoms with Crippen LogP contribution >= 0.6 is 0 Å². The molecule has 0 spiro atoms. The van der Waals surface area contributed by atoms with Crippen LogP contribution in [0, 0.1) is 0 Å². The molecule has 23 heavy (non-hydrogen) atoms. The molecule has 1 aliphatic rings. The SMILES string of the molecule is CC(C)c1cccc(C(C)C/C=C\c2ccc3c(c2)OCO3)c1. The maximum Gasteiger partial charge on any atom is 0.231 e. The summed E-state index contributed by atoms with van der Waals surface area (Å²) < 4.78 is 10.8. The van der Waals surface area contributed by atoms with E-state index >= 15 is 0 Å². The maximum absolute atomic E-state index is 5.42. The van der Waals surface area contributed by atoms with Crippen molar-refractivity contribution in [3.8, 4) is 11.5 Å². The predicted molar refractivity (Wildman–Crippen MR) is 95.2 cm³/mol. The van der Waals surface area contributed by atoms with Crippen molar-refractivity contribution in [2.75, 3.05) is 6.79 Å². The van der Waals surface area contributed by atoms with Crippen LogP contribution in [0.1, 0.15) is 55.7 Å². The first-order valence-electron chi connectivity index (χ1n) is 8.29. The van der Waals surface area contributed by atoms with Crippen molar-refractivity contribution >= 4 is 6.08 Å². The van der Waals surface area contributed by atoms with Gasteiger partial charge in [-0.25, -0.2) is 0 Å². The molecule has 0 saturated heterocycles. The molecular formula is C21H24O2. The molecule has 0 saturated carbocycles. The van der Waals surface area contributed by atoms with Crippen LogP contribution in [0.3, 0.4) is 0 Å². The molecule has 2 aromatic carbocycles. The highest BCUT2D eigenvalue weighted by molar-refractivity contribution is 5.56. The van der Waals surface area contributed by atoms with Crippen LogP contribution in [0.2, 0.25) is 0 Å². The van der Waals surface area contributed by atoms with Gasteiger partial charge >= 0.3 is 0 Å². The third kappa shape index (κ3) is 3.76. The van der Waals surface area contributed by atoms with E-state index < -0.39 is 0 Å². The van der Waals surface area contributed by atoms with Crippen LogP contribution in [0.25, 0.3) is 6.08 Å². The quantitative estimate of drug-likeness (QED) is 0.700. The highest BCUT2D eigenvalue weighted by Gasteiger charge is 2.12. The van der Waals surface area contributed by atoms with Gasteiger partial charge in [-0.05, 0) is 47.1 Å². The Morgan fingerprint density at radius 3 is 2.57 bits per heavy atom. The third-order valence-corrected chi connectivity index (χ3v) is 4.34. The van der Waals surface area contributed by atoms with Gasteiger partial charge in [-0.1, -0.05) is 63.3 Å². The Morgan fingerprint density at radius 2 is 1.74 bits per heavy atom. The molecule has 2 nitrogen and oxygen atoms in total. The van der Waals surface area contributed by atoms with E-state index in [2.05, 4.69) is 63.3 Å². The zero-order valence-electron chi connectivity index (χ0n) is 14.1. The Bertz CT molecular complexity index is 701. The largest absolute Gasteiger partial charge is 0.454 e. The number of hydrogen-bond donors (Lipinski definition) is 0. The minimum Gasteiger partial charge on any atom is -0.454 e. The fourth-order valence-corrected chi connectivity index (χ4v) is 2.79. The molecule has 0 fully saturated rings. The Morgan fingerprint density at radius 1 is 0.957 bits per heavy atom. The first-order valence-corrected chi connectivity index (χ1v) is 8.29. The molecule has 0 N–H and O–H groups in total. The molecule has 120 valence electrons. The normalized spacial score (nSPS) is 14.6. The van der Waals surface area contributed by atoms with Gasteiger partial charge in [0.2, 0.25) is 6.79 Å². The Hall–Kier alpha value is -2.22. The fraction of sp³-hybridized carbons (Fsp3) is 0.333. The zero-order chi connectivity index (χ0) is 16.2. The van der Waals surface area contributed by atoms with Gasteiger partial charge in [-0.3, -0.25) is 0 Å². The van der Waals surface area contributed by atoms with E-state index in [1.54, 1.807) is 0 Å². The highest BCUT2D eigenvalue weighted by Crippen LogP contribution is 2.33. The second kappa shape index (κ2) is 6.91. The third-order valence-electron chi connectivity index (χ3n) is 4.34. The van der Waals surface area contributed by atoms with Crippen molar-refractivity contribution in [1.29, 1.82) is 0 Å². The van der Waals surface area contributed by atoms with Crippen molar-refractivity contribution in [1.82, 2.24) is 0 Å². The summed E-state index contributed by atoms with van der Waals surface area (Å²) in [6, 6.07) is 15.0. The monoisotopic (exact) mass is 308 g/mol. The fourth-order valence-electron chi connectivity index (χ4n) is 2.79. The summed E-state index contributed by atoms with van der Waals surface area (Å²) in [5.41, 5.74) is 3.97. The summed E-state index contributed by atoms with van der Waals surface area (Å²) in [7, 11) is 0. The van der Waals surface area contributed by atoms with Gasteiger partial charge in [0, 0.05) is 0 Å². The number of ether oxygens (including phenoxy) is 2. The van der Waals surface area contributed by atoms with Gasteiger partial charge in [-0.15, -0.1) is 0 Å². The van der Waals surface area contributed by atoms with Gasteiger partial charge in [0.1, 0.15) is 0 Å². The molecule has 3 rings (SSSR count). The van der Waals surface area contributed by atoms with Gasteiger partial charge in [0.25, 0.3) is 0 Å². The first kappa shape index (κ1) is 15.7. The molecule has 0 bridgehead atoms. The van der Waals surface area contributed by atoms with E-state index in [1.165, 1.54) is 11.1 Å². The van der Waals surface area contributed by atoms with Gasteiger partial charge in [0.05, 0.1) is 0 Å². The molecule has 1 heterocycles. The number of fused-ring (bicyclic) bond motifs is 1. The Kier molecular flexibility index (Phi) is 4.71. The average Bonchev–Trinajstić information content (AvgIpc) is 3.02. The van der Waals surface area contributed by atoms with Crippen LogP contribution in [0.4, 0.5) is 0 Å². The molecule has 0 radical (unpaired) electrons. The number of allylic oxidation sites excluding steroid dienone is 1. The molecule has 1 unspecified atom stereocenters. The van der Waals surface area contributed by atoms with Crippen LogP contribution in [-0.2, 0) is 0 Å². The molecule has 0 aliphatic carbocycles. The smallest absolute Gasteiger partial charge is 0.231 e. The topological polar surface area (TPSA) is 18.5 Å². The van der Waals surface area contributed by atoms with Crippen LogP contribution in [0.15, 0.2) is 48.5 Å². The van der Waals surface area contributed by atoms with Crippen molar-refractivity contribution in [3.63, 3.8) is 0 Å². The van der Waals surface area contributed by atoms with Crippen molar-refractivity contribution < 1.29 is 9.47 Å². The molecule has 1 atom stereocenters. The van der Waals surface area contributed by atoms with E-state index in [0.717, 1.165) is 23.5 Å².